The maximum Gasteiger partial charge on any atom is 0.255 e. The second-order valence-corrected chi connectivity index (χ2v) is 7.31. The van der Waals surface area contributed by atoms with E-state index >= 15 is 0 Å². The number of carbonyl (C=O) groups excluding carboxylic acids is 2. The number of amides is 2. The van der Waals surface area contributed by atoms with E-state index in [-0.39, 0.29) is 11.8 Å². The van der Waals surface area contributed by atoms with E-state index in [1.807, 2.05) is 13.0 Å². The molecule has 0 bridgehead atoms. The molecule has 0 radical (unpaired) electrons. The summed E-state index contributed by atoms with van der Waals surface area (Å²) in [4.78, 5) is 25.0. The third kappa shape index (κ3) is 5.37. The Labute approximate surface area is 182 Å². The Bertz CT molecular complexity index is 1040. The zero-order chi connectivity index (χ0) is 20.8. The summed E-state index contributed by atoms with van der Waals surface area (Å²) >= 11 is 9.60. The van der Waals surface area contributed by atoms with Crippen LogP contribution in [0.2, 0.25) is 5.02 Å². The Morgan fingerprint density at radius 2 is 1.66 bits per heavy atom. The van der Waals surface area contributed by atoms with Crippen LogP contribution in [0.3, 0.4) is 0 Å². The molecule has 7 heteroatoms. The predicted octanol–water partition coefficient (Wildman–Crippen LogP) is 6.01. The lowest BCUT2D eigenvalue weighted by Crippen LogP contribution is -2.14. The van der Waals surface area contributed by atoms with Gasteiger partial charge in [-0.3, -0.25) is 9.59 Å². The summed E-state index contributed by atoms with van der Waals surface area (Å²) in [6.07, 6.45) is 0. The van der Waals surface area contributed by atoms with Gasteiger partial charge in [0, 0.05) is 16.8 Å². The lowest BCUT2D eigenvalue weighted by molar-refractivity contribution is 0.101. The molecule has 0 aliphatic rings. The molecule has 2 N–H and O–H groups in total. The molecule has 5 nitrogen and oxygen atoms in total. The fourth-order valence-electron chi connectivity index (χ4n) is 2.60. The van der Waals surface area contributed by atoms with Crippen LogP contribution in [0.1, 0.15) is 27.6 Å². The van der Waals surface area contributed by atoms with Crippen LogP contribution in [-0.2, 0) is 0 Å². The molecule has 0 spiro atoms. The fourth-order valence-corrected chi connectivity index (χ4v) is 3.26. The molecule has 0 fully saturated rings. The minimum atomic E-state index is -0.295. The lowest BCUT2D eigenvalue weighted by Gasteiger charge is -2.12. The van der Waals surface area contributed by atoms with Crippen molar-refractivity contribution in [3.8, 4) is 5.75 Å². The number of rotatable bonds is 6. The van der Waals surface area contributed by atoms with Crippen molar-refractivity contribution in [3.05, 3.63) is 87.4 Å². The minimum Gasteiger partial charge on any atom is -0.493 e. The highest BCUT2D eigenvalue weighted by Crippen LogP contribution is 2.28. The van der Waals surface area contributed by atoms with Crippen molar-refractivity contribution >= 4 is 50.7 Å². The number of ether oxygens (including phenoxy) is 1. The zero-order valence-electron chi connectivity index (χ0n) is 15.5. The van der Waals surface area contributed by atoms with Crippen LogP contribution < -0.4 is 15.4 Å². The summed E-state index contributed by atoms with van der Waals surface area (Å²) in [6, 6.07) is 18.8. The van der Waals surface area contributed by atoms with Gasteiger partial charge >= 0.3 is 0 Å². The maximum absolute atomic E-state index is 12.6. The average Bonchev–Trinajstić information content (AvgIpc) is 2.72. The number of hydrogen-bond donors (Lipinski definition) is 2. The first-order chi connectivity index (χ1) is 14.0. The Kier molecular flexibility index (Phi) is 6.90. The number of anilines is 2. The van der Waals surface area contributed by atoms with Gasteiger partial charge in [-0.1, -0.05) is 29.8 Å². The van der Waals surface area contributed by atoms with Gasteiger partial charge in [0.05, 0.1) is 21.8 Å². The number of nitrogens with one attached hydrogen (secondary N) is 2. The van der Waals surface area contributed by atoms with Crippen molar-refractivity contribution < 1.29 is 14.3 Å². The van der Waals surface area contributed by atoms with E-state index in [2.05, 4.69) is 26.6 Å². The lowest BCUT2D eigenvalue weighted by atomic mass is 10.2. The third-order valence-electron chi connectivity index (χ3n) is 4.00. The summed E-state index contributed by atoms with van der Waals surface area (Å²) in [6.45, 7) is 2.42. The second kappa shape index (κ2) is 9.58. The van der Waals surface area contributed by atoms with Crippen LogP contribution in [0.4, 0.5) is 11.4 Å². The maximum atomic E-state index is 12.6. The second-order valence-electron chi connectivity index (χ2n) is 6.05. The molecule has 0 unspecified atom stereocenters. The first kappa shape index (κ1) is 20.9. The topological polar surface area (TPSA) is 67.4 Å². The molecule has 0 saturated carbocycles. The number of benzene rings is 3. The van der Waals surface area contributed by atoms with Gasteiger partial charge in [-0.25, -0.2) is 0 Å². The highest BCUT2D eigenvalue weighted by Gasteiger charge is 2.12. The molecule has 148 valence electrons. The van der Waals surface area contributed by atoms with Crippen LogP contribution in [-0.4, -0.2) is 18.4 Å². The average molecular weight is 474 g/mol. The molecule has 0 heterocycles. The first-order valence-corrected chi connectivity index (χ1v) is 10.0. The highest BCUT2D eigenvalue weighted by atomic mass is 79.9. The van der Waals surface area contributed by atoms with Gasteiger partial charge in [0.15, 0.2) is 0 Å². The molecule has 0 aromatic heterocycles. The smallest absolute Gasteiger partial charge is 0.255 e. The molecule has 2 amide bonds. The van der Waals surface area contributed by atoms with Gasteiger partial charge in [-0.05, 0) is 71.4 Å². The van der Waals surface area contributed by atoms with Crippen molar-refractivity contribution in [1.82, 2.24) is 0 Å². The van der Waals surface area contributed by atoms with Gasteiger partial charge in [0.25, 0.3) is 11.8 Å². The van der Waals surface area contributed by atoms with Crippen LogP contribution in [0, 0.1) is 0 Å². The van der Waals surface area contributed by atoms with E-state index in [4.69, 9.17) is 16.3 Å². The van der Waals surface area contributed by atoms with Gasteiger partial charge in [-0.2, -0.15) is 0 Å². The predicted molar refractivity (Wildman–Crippen MR) is 119 cm³/mol. The standard InChI is InChI=1S/C22H18BrClN2O3/c1-2-29-20-11-8-15(12-17(20)23)22(28)25-16-9-10-18(24)19(13-16)26-21(27)14-6-4-3-5-7-14/h3-13H,2H2,1H3,(H,25,28)(H,26,27). The quantitative estimate of drug-likeness (QED) is 0.461. The Balaban J connectivity index is 1.75. The van der Waals surface area contributed by atoms with Crippen LogP contribution in [0.25, 0.3) is 0 Å². The van der Waals surface area contributed by atoms with Crippen LogP contribution in [0.15, 0.2) is 71.2 Å². The van der Waals surface area contributed by atoms with Gasteiger partial charge in [-0.15, -0.1) is 0 Å². The summed E-state index contributed by atoms with van der Waals surface area (Å²) in [5.74, 6) is 0.0873. The van der Waals surface area contributed by atoms with Gasteiger partial charge < -0.3 is 15.4 Å². The monoisotopic (exact) mass is 472 g/mol. The normalized spacial score (nSPS) is 10.3. The molecule has 3 rings (SSSR count). The van der Waals surface area contributed by atoms with E-state index in [9.17, 15) is 9.59 Å². The summed E-state index contributed by atoms with van der Waals surface area (Å²) in [7, 11) is 0. The Morgan fingerprint density at radius 3 is 2.34 bits per heavy atom. The highest BCUT2D eigenvalue weighted by molar-refractivity contribution is 9.10. The van der Waals surface area contributed by atoms with Gasteiger partial charge in [0.2, 0.25) is 0 Å². The summed E-state index contributed by atoms with van der Waals surface area (Å²) in [5, 5.41) is 5.94. The Hall–Kier alpha value is -2.83. The molecular weight excluding hydrogens is 456 g/mol. The van der Waals surface area contributed by atoms with E-state index in [0.717, 1.165) is 0 Å². The zero-order valence-corrected chi connectivity index (χ0v) is 17.9. The molecule has 0 aliphatic carbocycles. The van der Waals surface area contributed by atoms with Crippen molar-refractivity contribution in [2.75, 3.05) is 17.2 Å². The van der Waals surface area contributed by atoms with Crippen molar-refractivity contribution in [2.45, 2.75) is 6.92 Å². The van der Waals surface area contributed by atoms with Crippen LogP contribution in [0.5, 0.6) is 5.75 Å². The Morgan fingerprint density at radius 1 is 0.931 bits per heavy atom. The number of carbonyl (C=O) groups is 2. The minimum absolute atomic E-state index is 0.286. The molecule has 0 saturated heterocycles. The van der Waals surface area contributed by atoms with E-state index in [1.54, 1.807) is 60.7 Å². The van der Waals surface area contributed by atoms with E-state index in [1.165, 1.54) is 0 Å². The molecule has 3 aromatic rings. The fraction of sp³-hybridized carbons (Fsp3) is 0.0909. The van der Waals surface area contributed by atoms with Gasteiger partial charge in [0.1, 0.15) is 5.75 Å². The largest absolute Gasteiger partial charge is 0.493 e. The number of hydrogen-bond acceptors (Lipinski definition) is 3. The first-order valence-electron chi connectivity index (χ1n) is 8.87. The van der Waals surface area contributed by atoms with E-state index < -0.39 is 0 Å². The molecule has 3 aromatic carbocycles. The molecular formula is C22H18BrClN2O3. The van der Waals surface area contributed by atoms with E-state index in [0.29, 0.717) is 44.4 Å². The van der Waals surface area contributed by atoms with Crippen molar-refractivity contribution in [3.63, 3.8) is 0 Å². The van der Waals surface area contributed by atoms with Crippen molar-refractivity contribution in [2.24, 2.45) is 0 Å². The third-order valence-corrected chi connectivity index (χ3v) is 4.95. The van der Waals surface area contributed by atoms with Crippen molar-refractivity contribution in [1.29, 1.82) is 0 Å². The number of halogens is 2. The van der Waals surface area contributed by atoms with Crippen LogP contribution >= 0.6 is 27.5 Å². The summed E-state index contributed by atoms with van der Waals surface area (Å²) < 4.78 is 6.15. The molecule has 0 aliphatic heterocycles. The summed E-state index contributed by atoms with van der Waals surface area (Å²) in [5.41, 5.74) is 1.89. The molecule has 0 atom stereocenters. The SMILES string of the molecule is CCOc1ccc(C(=O)Nc2ccc(Cl)c(NC(=O)c3ccccc3)c2)cc1Br. The molecule has 29 heavy (non-hydrogen) atoms.